The molecule has 0 fully saturated rings. The van der Waals surface area contributed by atoms with Crippen molar-refractivity contribution in [3.63, 3.8) is 0 Å². The minimum atomic E-state index is -1.05. The molecule has 1 amide bonds. The molecule has 7 heteroatoms. The lowest BCUT2D eigenvalue weighted by Gasteiger charge is -2.25. The maximum Gasteiger partial charge on any atom is 0.310 e. The number of carboxylic acid groups (broad SMARTS) is 1. The number of aliphatic carboxylic acids is 1. The number of hydrogen-bond donors (Lipinski definition) is 2. The average Bonchev–Trinajstić information content (AvgIpc) is 2.75. The highest BCUT2D eigenvalue weighted by Gasteiger charge is 2.37. The Labute approximate surface area is 189 Å². The summed E-state index contributed by atoms with van der Waals surface area (Å²) in [5.74, 6) is -0.686. The molecule has 0 atom stereocenters. The van der Waals surface area contributed by atoms with E-state index in [0.717, 1.165) is 21.1 Å². The van der Waals surface area contributed by atoms with Gasteiger partial charge < -0.3 is 15.2 Å². The predicted octanol–water partition coefficient (Wildman–Crippen LogP) is 5.80. The van der Waals surface area contributed by atoms with Crippen molar-refractivity contribution in [2.24, 2.45) is 5.41 Å². The van der Waals surface area contributed by atoms with Crippen LogP contribution in [0.15, 0.2) is 59.1 Å². The lowest BCUT2D eigenvalue weighted by Crippen LogP contribution is -2.34. The predicted molar refractivity (Wildman–Crippen MR) is 124 cm³/mol. The summed E-state index contributed by atoms with van der Waals surface area (Å²) >= 11 is 3.46. The molecule has 0 aliphatic heterocycles. The topological polar surface area (TPSA) is 88.5 Å². The van der Waals surface area contributed by atoms with Gasteiger partial charge in [-0.2, -0.15) is 0 Å². The number of rotatable bonds is 9. The second kappa shape index (κ2) is 9.92. The van der Waals surface area contributed by atoms with Gasteiger partial charge in [0, 0.05) is 28.0 Å². The van der Waals surface area contributed by atoms with Crippen LogP contribution in [0.3, 0.4) is 0 Å². The van der Waals surface area contributed by atoms with Crippen molar-refractivity contribution in [2.75, 3.05) is 5.32 Å². The van der Waals surface area contributed by atoms with E-state index >= 15 is 0 Å². The van der Waals surface area contributed by atoms with E-state index in [1.165, 1.54) is 0 Å². The van der Waals surface area contributed by atoms with Crippen LogP contribution in [0.5, 0.6) is 5.75 Å². The summed E-state index contributed by atoms with van der Waals surface area (Å²) in [6.45, 7) is 3.87. The van der Waals surface area contributed by atoms with E-state index in [1.54, 1.807) is 38.1 Å². The van der Waals surface area contributed by atoms with E-state index in [4.69, 9.17) is 4.74 Å². The van der Waals surface area contributed by atoms with Gasteiger partial charge in [-0.1, -0.05) is 48.0 Å². The number of ether oxygens (including phenoxy) is 1. The molecule has 0 aliphatic rings. The molecule has 3 rings (SSSR count). The van der Waals surface area contributed by atoms with Crippen molar-refractivity contribution in [2.45, 2.75) is 39.7 Å². The number of carboxylic acids is 1. The van der Waals surface area contributed by atoms with Crippen molar-refractivity contribution < 1.29 is 19.4 Å². The Morgan fingerprint density at radius 2 is 1.84 bits per heavy atom. The second-order valence-electron chi connectivity index (χ2n) is 7.47. The van der Waals surface area contributed by atoms with Crippen LogP contribution in [0.2, 0.25) is 0 Å². The van der Waals surface area contributed by atoms with Crippen LogP contribution in [0.4, 0.5) is 5.69 Å². The van der Waals surface area contributed by atoms with Gasteiger partial charge in [0.2, 0.25) is 5.91 Å². The largest absolute Gasteiger partial charge is 0.487 e. The molecule has 0 radical (unpaired) electrons. The quantitative estimate of drug-likeness (QED) is 0.400. The summed E-state index contributed by atoms with van der Waals surface area (Å²) in [5, 5.41) is 13.4. The second-order valence-corrected chi connectivity index (χ2v) is 8.39. The number of hydrogen-bond acceptors (Lipinski definition) is 4. The van der Waals surface area contributed by atoms with Crippen molar-refractivity contribution in [1.82, 2.24) is 4.98 Å². The van der Waals surface area contributed by atoms with Crippen molar-refractivity contribution in [3.05, 3.63) is 64.8 Å². The molecule has 1 heterocycles. The number of amides is 1. The van der Waals surface area contributed by atoms with E-state index in [0.29, 0.717) is 24.3 Å². The van der Waals surface area contributed by atoms with Crippen molar-refractivity contribution in [3.8, 4) is 5.75 Å². The van der Waals surface area contributed by atoms with Gasteiger partial charge in [-0.25, -0.2) is 4.98 Å². The third-order valence-corrected chi connectivity index (χ3v) is 6.02. The number of nitrogens with zero attached hydrogens (tertiary/aromatic N) is 1. The van der Waals surface area contributed by atoms with Crippen LogP contribution in [-0.4, -0.2) is 22.0 Å². The number of fused-ring (bicyclic) bond motifs is 1. The minimum Gasteiger partial charge on any atom is -0.487 e. The number of aromatic nitrogens is 1. The highest BCUT2D eigenvalue weighted by molar-refractivity contribution is 9.10. The molecule has 162 valence electrons. The Morgan fingerprint density at radius 3 is 2.55 bits per heavy atom. The smallest absolute Gasteiger partial charge is 0.310 e. The summed E-state index contributed by atoms with van der Waals surface area (Å²) in [6, 6.07) is 16.9. The first-order valence-corrected chi connectivity index (χ1v) is 11.0. The van der Waals surface area contributed by atoms with E-state index < -0.39 is 11.4 Å². The Kier molecular flexibility index (Phi) is 7.28. The van der Waals surface area contributed by atoms with Crippen LogP contribution in [0, 0.1) is 5.41 Å². The van der Waals surface area contributed by atoms with Gasteiger partial charge in [-0.3, -0.25) is 9.59 Å². The number of halogens is 1. The summed E-state index contributed by atoms with van der Waals surface area (Å²) in [7, 11) is 0. The fourth-order valence-corrected chi connectivity index (χ4v) is 3.77. The molecule has 6 nitrogen and oxygen atoms in total. The average molecular weight is 485 g/mol. The molecule has 2 aromatic carbocycles. The van der Waals surface area contributed by atoms with E-state index in [-0.39, 0.29) is 18.9 Å². The first-order valence-electron chi connectivity index (χ1n) is 10.2. The Bertz CT molecular complexity index is 1100. The number of nitrogens with one attached hydrogen (secondary N) is 1. The third-order valence-electron chi connectivity index (χ3n) is 5.52. The fourth-order valence-electron chi connectivity index (χ4n) is 3.42. The standard InChI is InChI=1S/C24H25BrN2O4/c1-3-24(4-2,23(29)30)14-22(28)27-18-6-5-7-20(13-18)31-15-19-11-9-16-8-10-17(25)12-21(16)26-19/h5-13H,3-4,14-15H2,1-2H3,(H,27,28)(H,29,30). The number of carbonyl (C=O) groups excluding carboxylic acids is 1. The first kappa shape index (κ1) is 22.7. The monoisotopic (exact) mass is 484 g/mol. The summed E-state index contributed by atoms with van der Waals surface area (Å²) in [5.41, 5.74) is 1.18. The molecule has 0 bridgehead atoms. The Hall–Kier alpha value is -2.93. The van der Waals surface area contributed by atoms with Crippen LogP contribution in [0.1, 0.15) is 38.8 Å². The molecular weight excluding hydrogens is 460 g/mol. The van der Waals surface area contributed by atoms with Crippen LogP contribution < -0.4 is 10.1 Å². The number of carbonyl (C=O) groups is 2. The van der Waals surface area contributed by atoms with Crippen LogP contribution in [0.25, 0.3) is 10.9 Å². The zero-order valence-electron chi connectivity index (χ0n) is 17.5. The van der Waals surface area contributed by atoms with Gasteiger partial charge in [0.1, 0.15) is 12.4 Å². The molecule has 31 heavy (non-hydrogen) atoms. The molecule has 0 spiro atoms. The Morgan fingerprint density at radius 1 is 1.10 bits per heavy atom. The number of benzene rings is 2. The highest BCUT2D eigenvalue weighted by Crippen LogP contribution is 2.31. The van der Waals surface area contributed by atoms with E-state index in [1.807, 2.05) is 30.3 Å². The minimum absolute atomic E-state index is 0.0724. The molecule has 3 aromatic rings. The molecule has 0 saturated heterocycles. The van der Waals surface area contributed by atoms with Gasteiger partial charge in [-0.15, -0.1) is 0 Å². The lowest BCUT2D eigenvalue weighted by atomic mass is 9.79. The molecule has 0 saturated carbocycles. The van der Waals surface area contributed by atoms with Gasteiger partial charge in [0.05, 0.1) is 16.6 Å². The Balaban J connectivity index is 1.65. The maximum absolute atomic E-state index is 12.5. The van der Waals surface area contributed by atoms with Crippen LogP contribution >= 0.6 is 15.9 Å². The zero-order valence-corrected chi connectivity index (χ0v) is 19.1. The third kappa shape index (κ3) is 5.61. The molecular formula is C24H25BrN2O4. The first-order chi connectivity index (χ1) is 14.8. The van der Waals surface area contributed by atoms with Gasteiger partial charge >= 0.3 is 5.97 Å². The number of pyridine rings is 1. The highest BCUT2D eigenvalue weighted by atomic mass is 79.9. The van der Waals surface area contributed by atoms with Gasteiger partial charge in [-0.05, 0) is 43.2 Å². The molecule has 0 unspecified atom stereocenters. The normalized spacial score (nSPS) is 11.3. The fraction of sp³-hybridized carbons (Fsp3) is 0.292. The summed E-state index contributed by atoms with van der Waals surface area (Å²) in [4.78, 5) is 28.7. The van der Waals surface area contributed by atoms with E-state index in [9.17, 15) is 14.7 Å². The zero-order chi connectivity index (χ0) is 22.4. The summed E-state index contributed by atoms with van der Waals surface area (Å²) in [6.07, 6.45) is 0.715. The SMILES string of the molecule is CCC(CC)(CC(=O)Nc1cccc(OCc2ccc3ccc(Br)cc3n2)c1)C(=O)O. The molecule has 1 aromatic heterocycles. The summed E-state index contributed by atoms with van der Waals surface area (Å²) < 4.78 is 6.82. The van der Waals surface area contributed by atoms with Crippen molar-refractivity contribution in [1.29, 1.82) is 0 Å². The van der Waals surface area contributed by atoms with E-state index in [2.05, 4.69) is 26.2 Å². The molecule has 0 aliphatic carbocycles. The van der Waals surface area contributed by atoms with Crippen molar-refractivity contribution >= 4 is 44.4 Å². The van der Waals surface area contributed by atoms with Gasteiger partial charge in [0.25, 0.3) is 0 Å². The van der Waals surface area contributed by atoms with Gasteiger partial charge in [0.15, 0.2) is 0 Å². The van der Waals surface area contributed by atoms with Crippen LogP contribution in [-0.2, 0) is 16.2 Å². The number of anilines is 1. The molecule has 2 N–H and O–H groups in total. The lowest BCUT2D eigenvalue weighted by molar-refractivity contribution is -0.151. The maximum atomic E-state index is 12.5.